The van der Waals surface area contributed by atoms with E-state index >= 15 is 0 Å². The summed E-state index contributed by atoms with van der Waals surface area (Å²) >= 11 is 0. The Morgan fingerprint density at radius 3 is 2.26 bits per heavy atom. The van der Waals surface area contributed by atoms with E-state index in [0.717, 1.165) is 5.69 Å². The summed E-state index contributed by atoms with van der Waals surface area (Å²) in [6.07, 6.45) is 7.17. The van der Waals surface area contributed by atoms with Crippen LogP contribution in [-0.2, 0) is 0 Å². The minimum absolute atomic E-state index is 0.00443. The van der Waals surface area contributed by atoms with Crippen molar-refractivity contribution in [3.05, 3.63) is 66.5 Å². The molecule has 1 aromatic heterocycles. The van der Waals surface area contributed by atoms with E-state index in [1.54, 1.807) is 12.3 Å². The van der Waals surface area contributed by atoms with Gasteiger partial charge in [0, 0.05) is 37.5 Å². The molecule has 96 valence electrons. The number of carbonyl (C=O) groups is 1. The van der Waals surface area contributed by atoms with Crippen LogP contribution in [0.4, 0.5) is 5.69 Å². The second-order valence-electron chi connectivity index (χ2n) is 4.44. The molecule has 0 aliphatic rings. The van der Waals surface area contributed by atoms with Crippen LogP contribution >= 0.6 is 0 Å². The molecule has 0 atom stereocenters. The third-order valence-corrected chi connectivity index (χ3v) is 2.81. The van der Waals surface area contributed by atoms with E-state index in [1.165, 1.54) is 0 Å². The maximum absolute atomic E-state index is 11.9. The zero-order valence-corrected chi connectivity index (χ0v) is 11.2. The van der Waals surface area contributed by atoms with Crippen molar-refractivity contribution in [3.8, 4) is 0 Å². The molecule has 0 bridgehead atoms. The van der Waals surface area contributed by atoms with E-state index in [1.807, 2.05) is 78.4 Å². The number of benzene rings is 1. The Labute approximate surface area is 113 Å². The van der Waals surface area contributed by atoms with Crippen molar-refractivity contribution in [3.63, 3.8) is 0 Å². The molecule has 0 aliphatic heterocycles. The third kappa shape index (κ3) is 3.52. The Morgan fingerprint density at radius 2 is 1.68 bits per heavy atom. The lowest BCUT2D eigenvalue weighted by molar-refractivity contribution is -0.568. The Kier molecular flexibility index (Phi) is 4.08. The van der Waals surface area contributed by atoms with Crippen LogP contribution in [0, 0.1) is 0 Å². The zero-order valence-electron chi connectivity index (χ0n) is 11.2. The van der Waals surface area contributed by atoms with E-state index in [0.29, 0.717) is 5.56 Å². The molecule has 0 saturated heterocycles. The molecule has 0 saturated carbocycles. The first-order valence-electron chi connectivity index (χ1n) is 6.12. The quantitative estimate of drug-likeness (QED) is 0.475. The van der Waals surface area contributed by atoms with Gasteiger partial charge in [-0.15, -0.1) is 0 Å². The SMILES string of the molecule is CN(C)c1cc[n+](C=CC(=O)c2ccccc2)cc1. The van der Waals surface area contributed by atoms with E-state index < -0.39 is 0 Å². The van der Waals surface area contributed by atoms with Crippen molar-refractivity contribution >= 4 is 17.7 Å². The van der Waals surface area contributed by atoms with Crippen LogP contribution in [0.3, 0.4) is 0 Å². The summed E-state index contributed by atoms with van der Waals surface area (Å²) in [6, 6.07) is 13.2. The molecule has 1 heterocycles. The summed E-state index contributed by atoms with van der Waals surface area (Å²) in [5.74, 6) is 0.00443. The highest BCUT2D eigenvalue weighted by atomic mass is 16.1. The predicted octanol–water partition coefficient (Wildman–Crippen LogP) is 2.39. The molecule has 0 N–H and O–H groups in total. The number of rotatable bonds is 4. The fourth-order valence-corrected chi connectivity index (χ4v) is 1.68. The van der Waals surface area contributed by atoms with Gasteiger partial charge in [-0.2, -0.15) is 4.57 Å². The van der Waals surface area contributed by atoms with Gasteiger partial charge in [-0.05, 0) is 0 Å². The molecule has 2 aromatic rings. The average molecular weight is 253 g/mol. The standard InChI is InChI=1S/C16H17N2O/c1-17(2)15-8-11-18(12-9-15)13-10-16(19)14-6-4-3-5-7-14/h3-13H,1-2H3/q+1. The van der Waals surface area contributed by atoms with Crippen molar-refractivity contribution < 1.29 is 9.36 Å². The van der Waals surface area contributed by atoms with Gasteiger partial charge in [0.25, 0.3) is 0 Å². The van der Waals surface area contributed by atoms with Crippen LogP contribution in [0.1, 0.15) is 10.4 Å². The summed E-state index contributed by atoms with van der Waals surface area (Å²) in [7, 11) is 3.99. The van der Waals surface area contributed by atoms with Crippen LogP contribution in [0.25, 0.3) is 6.20 Å². The highest BCUT2D eigenvalue weighted by Crippen LogP contribution is 2.06. The molecule has 0 fully saturated rings. The van der Waals surface area contributed by atoms with Gasteiger partial charge in [-0.1, -0.05) is 30.3 Å². The summed E-state index contributed by atoms with van der Waals surface area (Å²) in [5.41, 5.74) is 1.82. The van der Waals surface area contributed by atoms with Crippen molar-refractivity contribution in [2.24, 2.45) is 0 Å². The minimum atomic E-state index is 0.00443. The van der Waals surface area contributed by atoms with Crippen molar-refractivity contribution in [2.45, 2.75) is 0 Å². The Morgan fingerprint density at radius 1 is 1.05 bits per heavy atom. The molecule has 1 aromatic carbocycles. The number of pyridine rings is 1. The molecular formula is C16H17N2O+. The third-order valence-electron chi connectivity index (χ3n) is 2.81. The number of ketones is 1. The van der Waals surface area contributed by atoms with Gasteiger partial charge in [0.1, 0.15) is 0 Å². The first kappa shape index (κ1) is 13.0. The fraction of sp³-hybridized carbons (Fsp3) is 0.125. The molecule has 0 spiro atoms. The molecule has 0 aliphatic carbocycles. The topological polar surface area (TPSA) is 24.2 Å². The van der Waals surface area contributed by atoms with Gasteiger partial charge in [-0.25, -0.2) is 0 Å². The van der Waals surface area contributed by atoms with E-state index in [4.69, 9.17) is 0 Å². The number of hydrogen-bond acceptors (Lipinski definition) is 2. The Bertz CT molecular complexity index is 571. The van der Waals surface area contributed by atoms with Gasteiger partial charge in [-0.3, -0.25) is 4.79 Å². The van der Waals surface area contributed by atoms with E-state index in [9.17, 15) is 4.79 Å². The van der Waals surface area contributed by atoms with Gasteiger partial charge in [0.05, 0.1) is 6.08 Å². The monoisotopic (exact) mass is 253 g/mol. The minimum Gasteiger partial charge on any atom is -0.377 e. The van der Waals surface area contributed by atoms with Gasteiger partial charge >= 0.3 is 0 Å². The van der Waals surface area contributed by atoms with Crippen molar-refractivity contribution in [1.29, 1.82) is 0 Å². The van der Waals surface area contributed by atoms with Crippen LogP contribution in [-0.4, -0.2) is 19.9 Å². The largest absolute Gasteiger partial charge is 0.377 e. The molecule has 19 heavy (non-hydrogen) atoms. The zero-order chi connectivity index (χ0) is 13.7. The molecule has 0 amide bonds. The lowest BCUT2D eigenvalue weighted by Gasteiger charge is -2.09. The van der Waals surface area contributed by atoms with Crippen LogP contribution in [0.15, 0.2) is 60.9 Å². The second-order valence-corrected chi connectivity index (χ2v) is 4.44. The summed E-state index contributed by atoms with van der Waals surface area (Å²) in [6.45, 7) is 0. The lowest BCUT2D eigenvalue weighted by Crippen LogP contribution is -2.25. The van der Waals surface area contributed by atoms with Crippen LogP contribution < -0.4 is 9.47 Å². The van der Waals surface area contributed by atoms with Crippen molar-refractivity contribution in [1.82, 2.24) is 0 Å². The number of carbonyl (C=O) groups excluding carboxylic acids is 1. The molecular weight excluding hydrogens is 236 g/mol. The number of hydrogen-bond donors (Lipinski definition) is 0. The van der Waals surface area contributed by atoms with Crippen molar-refractivity contribution in [2.75, 3.05) is 19.0 Å². The molecule has 3 heteroatoms. The second kappa shape index (κ2) is 5.96. The number of anilines is 1. The molecule has 0 radical (unpaired) electrons. The Balaban J connectivity index is 2.08. The molecule has 0 unspecified atom stereocenters. The summed E-state index contributed by atoms with van der Waals surface area (Å²) in [4.78, 5) is 13.9. The maximum atomic E-state index is 11.9. The highest BCUT2D eigenvalue weighted by molar-refractivity contribution is 6.05. The molecule has 3 nitrogen and oxygen atoms in total. The maximum Gasteiger partial charge on any atom is 0.191 e. The number of allylic oxidation sites excluding steroid dienone is 1. The Hall–Kier alpha value is -2.42. The van der Waals surface area contributed by atoms with Crippen LogP contribution in [0.5, 0.6) is 0 Å². The summed E-state index contributed by atoms with van der Waals surface area (Å²) < 4.78 is 1.86. The lowest BCUT2D eigenvalue weighted by atomic mass is 10.1. The smallest absolute Gasteiger partial charge is 0.191 e. The predicted molar refractivity (Wildman–Crippen MR) is 77.1 cm³/mol. The number of aromatic nitrogens is 1. The highest BCUT2D eigenvalue weighted by Gasteiger charge is 2.03. The number of nitrogens with zero attached hydrogens (tertiary/aromatic N) is 2. The van der Waals surface area contributed by atoms with E-state index in [2.05, 4.69) is 0 Å². The van der Waals surface area contributed by atoms with E-state index in [-0.39, 0.29) is 5.78 Å². The van der Waals surface area contributed by atoms with Gasteiger partial charge < -0.3 is 4.90 Å². The summed E-state index contributed by atoms with van der Waals surface area (Å²) in [5, 5.41) is 0. The first-order chi connectivity index (χ1) is 9.16. The first-order valence-corrected chi connectivity index (χ1v) is 6.12. The van der Waals surface area contributed by atoms with Gasteiger partial charge in [0.2, 0.25) is 0 Å². The fourth-order valence-electron chi connectivity index (χ4n) is 1.68. The average Bonchev–Trinajstić information content (AvgIpc) is 2.46. The normalized spacial score (nSPS) is 10.6. The molecule has 2 rings (SSSR count). The van der Waals surface area contributed by atoms with Gasteiger partial charge in [0.15, 0.2) is 24.4 Å². The van der Waals surface area contributed by atoms with Crippen LogP contribution in [0.2, 0.25) is 0 Å².